The van der Waals surface area contributed by atoms with Crippen molar-refractivity contribution in [3.63, 3.8) is 0 Å². The lowest BCUT2D eigenvalue weighted by molar-refractivity contribution is -0.119. The molecule has 3 aromatic rings. The number of benzene rings is 2. The van der Waals surface area contributed by atoms with E-state index in [0.717, 1.165) is 39.9 Å². The molecule has 0 bridgehead atoms. The minimum atomic E-state index is -0.978. The second-order valence-corrected chi connectivity index (χ2v) is 7.92. The molecule has 152 valence electrons. The summed E-state index contributed by atoms with van der Waals surface area (Å²) in [5.74, 6) is -2.08. The fourth-order valence-corrected chi connectivity index (χ4v) is 4.40. The molecule has 2 amide bonds. The number of anilines is 1. The average molecular weight is 425 g/mol. The number of thioether (sulfide) groups is 1. The molecular formula is C23H17F2NO3S. The number of imide groups is 1. The van der Waals surface area contributed by atoms with Gasteiger partial charge in [-0.25, -0.2) is 13.7 Å². The topological polar surface area (TPSA) is 50.5 Å². The maximum Gasteiger partial charge on any atom is 0.272 e. The number of amides is 2. The van der Waals surface area contributed by atoms with E-state index in [4.69, 9.17) is 4.42 Å². The highest BCUT2D eigenvalue weighted by Crippen LogP contribution is 2.41. The molecule has 2 aromatic carbocycles. The Labute approximate surface area is 176 Å². The highest BCUT2D eigenvalue weighted by atomic mass is 32.2. The number of hydrogen-bond donors (Lipinski definition) is 0. The van der Waals surface area contributed by atoms with Crippen LogP contribution in [0.2, 0.25) is 0 Å². The van der Waals surface area contributed by atoms with Gasteiger partial charge in [0.1, 0.15) is 17.4 Å². The summed E-state index contributed by atoms with van der Waals surface area (Å²) in [6.07, 6.45) is 1.52. The summed E-state index contributed by atoms with van der Waals surface area (Å²) in [7, 11) is 0. The van der Waals surface area contributed by atoms with Gasteiger partial charge in [0.25, 0.3) is 11.8 Å². The largest absolute Gasteiger partial charge is 0.468 e. The predicted molar refractivity (Wildman–Crippen MR) is 112 cm³/mol. The van der Waals surface area contributed by atoms with Crippen LogP contribution in [0, 0.1) is 25.5 Å². The molecular weight excluding hydrogens is 408 g/mol. The van der Waals surface area contributed by atoms with Gasteiger partial charge in [-0.2, -0.15) is 0 Å². The number of rotatable bonds is 5. The number of aryl methyl sites for hydroxylation is 2. The van der Waals surface area contributed by atoms with Crippen LogP contribution in [0.5, 0.6) is 0 Å². The van der Waals surface area contributed by atoms with Crippen molar-refractivity contribution in [1.82, 2.24) is 0 Å². The Kier molecular flexibility index (Phi) is 5.30. The smallest absolute Gasteiger partial charge is 0.272 e. The highest BCUT2D eigenvalue weighted by Gasteiger charge is 2.41. The van der Waals surface area contributed by atoms with Gasteiger partial charge in [0.15, 0.2) is 0 Å². The van der Waals surface area contributed by atoms with Gasteiger partial charge in [0.2, 0.25) is 0 Å². The standard InChI is InChI=1S/C23H17F2NO3S/c1-13-5-7-17(14(2)10-13)20-21(30-12-16-4-3-9-29-16)23(28)26(22(20)27)19-8-6-15(24)11-18(19)25/h3-11H,12H2,1-2H3. The van der Waals surface area contributed by atoms with Crippen molar-refractivity contribution in [2.24, 2.45) is 0 Å². The maximum absolute atomic E-state index is 14.4. The summed E-state index contributed by atoms with van der Waals surface area (Å²) >= 11 is 1.15. The molecule has 1 aliphatic rings. The van der Waals surface area contributed by atoms with Crippen molar-refractivity contribution in [3.8, 4) is 0 Å². The number of nitrogens with zero attached hydrogens (tertiary/aromatic N) is 1. The first kappa shape index (κ1) is 20.1. The molecule has 4 rings (SSSR count). The van der Waals surface area contributed by atoms with Gasteiger partial charge in [-0.05, 0) is 49.2 Å². The van der Waals surface area contributed by atoms with Gasteiger partial charge in [-0.15, -0.1) is 11.8 Å². The zero-order valence-corrected chi connectivity index (χ0v) is 17.1. The fraction of sp³-hybridized carbons (Fsp3) is 0.130. The van der Waals surface area contributed by atoms with Crippen LogP contribution in [0.1, 0.15) is 22.5 Å². The van der Waals surface area contributed by atoms with Gasteiger partial charge in [0.05, 0.1) is 28.2 Å². The van der Waals surface area contributed by atoms with E-state index in [1.165, 1.54) is 6.26 Å². The Bertz CT molecular complexity index is 1190. The van der Waals surface area contributed by atoms with E-state index in [-0.39, 0.29) is 16.2 Å². The predicted octanol–water partition coefficient (Wildman–Crippen LogP) is 5.39. The van der Waals surface area contributed by atoms with Crippen molar-refractivity contribution >= 4 is 34.8 Å². The lowest BCUT2D eigenvalue weighted by Crippen LogP contribution is -2.32. The van der Waals surface area contributed by atoms with Crippen LogP contribution >= 0.6 is 11.8 Å². The Morgan fingerprint density at radius 3 is 2.47 bits per heavy atom. The van der Waals surface area contributed by atoms with Crippen molar-refractivity contribution in [2.75, 3.05) is 4.90 Å². The van der Waals surface area contributed by atoms with Crippen molar-refractivity contribution < 1.29 is 22.8 Å². The lowest BCUT2D eigenvalue weighted by Gasteiger charge is -2.16. The minimum absolute atomic E-state index is 0.201. The molecule has 2 heterocycles. The SMILES string of the molecule is Cc1ccc(C2=C(SCc3ccco3)C(=O)N(c3ccc(F)cc3F)C2=O)c(C)c1. The van der Waals surface area contributed by atoms with Crippen LogP contribution < -0.4 is 4.90 Å². The van der Waals surface area contributed by atoms with E-state index in [0.29, 0.717) is 23.1 Å². The molecule has 0 saturated carbocycles. The number of carbonyl (C=O) groups is 2. The van der Waals surface area contributed by atoms with E-state index >= 15 is 0 Å². The first-order valence-electron chi connectivity index (χ1n) is 9.17. The minimum Gasteiger partial charge on any atom is -0.468 e. The first-order chi connectivity index (χ1) is 14.4. The van der Waals surface area contributed by atoms with Crippen molar-refractivity contribution in [3.05, 3.63) is 93.8 Å². The quantitative estimate of drug-likeness (QED) is 0.514. The van der Waals surface area contributed by atoms with Gasteiger partial charge in [-0.1, -0.05) is 23.8 Å². The van der Waals surface area contributed by atoms with E-state index in [2.05, 4.69) is 0 Å². The van der Waals surface area contributed by atoms with Crippen LogP contribution in [-0.4, -0.2) is 11.8 Å². The molecule has 0 fully saturated rings. The summed E-state index contributed by atoms with van der Waals surface area (Å²) in [5, 5.41) is 0. The zero-order chi connectivity index (χ0) is 21.4. The van der Waals surface area contributed by atoms with Gasteiger partial charge >= 0.3 is 0 Å². The molecule has 0 unspecified atom stereocenters. The number of hydrogen-bond acceptors (Lipinski definition) is 4. The van der Waals surface area contributed by atoms with E-state index in [9.17, 15) is 18.4 Å². The third kappa shape index (κ3) is 3.57. The summed E-state index contributed by atoms with van der Waals surface area (Å²) in [6, 6.07) is 11.8. The third-order valence-corrected chi connectivity index (χ3v) is 5.88. The first-order valence-corrected chi connectivity index (χ1v) is 10.2. The second-order valence-electron chi connectivity index (χ2n) is 6.93. The Hall–Kier alpha value is -3.19. The molecule has 0 N–H and O–H groups in total. The molecule has 0 aliphatic carbocycles. The molecule has 0 atom stereocenters. The fourth-order valence-electron chi connectivity index (χ4n) is 3.39. The van der Waals surface area contributed by atoms with Crippen LogP contribution in [-0.2, 0) is 15.3 Å². The summed E-state index contributed by atoms with van der Waals surface area (Å²) in [5.41, 5.74) is 2.37. The van der Waals surface area contributed by atoms with Gasteiger partial charge in [0, 0.05) is 6.07 Å². The van der Waals surface area contributed by atoms with Crippen LogP contribution in [0.15, 0.2) is 64.1 Å². The Morgan fingerprint density at radius 2 is 1.80 bits per heavy atom. The van der Waals surface area contributed by atoms with Gasteiger partial charge in [-0.3, -0.25) is 9.59 Å². The average Bonchev–Trinajstić information content (AvgIpc) is 3.28. The number of halogens is 2. The molecule has 7 heteroatoms. The van der Waals surface area contributed by atoms with E-state index < -0.39 is 23.4 Å². The Balaban J connectivity index is 1.81. The van der Waals surface area contributed by atoms with E-state index in [1.807, 2.05) is 26.0 Å². The highest BCUT2D eigenvalue weighted by molar-refractivity contribution is 8.03. The summed E-state index contributed by atoms with van der Waals surface area (Å²) in [4.78, 5) is 27.5. The molecule has 4 nitrogen and oxygen atoms in total. The molecule has 0 saturated heterocycles. The molecule has 0 radical (unpaired) electrons. The normalized spacial score (nSPS) is 14.2. The summed E-state index contributed by atoms with van der Waals surface area (Å²) < 4.78 is 33.1. The van der Waals surface area contributed by atoms with Crippen molar-refractivity contribution in [1.29, 1.82) is 0 Å². The molecule has 30 heavy (non-hydrogen) atoms. The number of furan rings is 1. The monoisotopic (exact) mass is 425 g/mol. The van der Waals surface area contributed by atoms with Gasteiger partial charge < -0.3 is 4.42 Å². The lowest BCUT2D eigenvalue weighted by atomic mass is 9.99. The second kappa shape index (κ2) is 7.91. The van der Waals surface area contributed by atoms with Crippen LogP contribution in [0.3, 0.4) is 0 Å². The molecule has 1 aliphatic heterocycles. The molecule has 1 aromatic heterocycles. The molecule has 0 spiro atoms. The maximum atomic E-state index is 14.4. The third-order valence-electron chi connectivity index (χ3n) is 4.78. The summed E-state index contributed by atoms with van der Waals surface area (Å²) in [6.45, 7) is 3.78. The number of carbonyl (C=O) groups excluding carboxylic acids is 2. The zero-order valence-electron chi connectivity index (χ0n) is 16.2. The van der Waals surface area contributed by atoms with Crippen LogP contribution in [0.4, 0.5) is 14.5 Å². The van der Waals surface area contributed by atoms with Crippen LogP contribution in [0.25, 0.3) is 5.57 Å². The Morgan fingerprint density at radius 1 is 1.00 bits per heavy atom. The van der Waals surface area contributed by atoms with Crippen molar-refractivity contribution in [2.45, 2.75) is 19.6 Å². The van der Waals surface area contributed by atoms with E-state index in [1.54, 1.807) is 18.2 Å².